The van der Waals surface area contributed by atoms with Crippen LogP contribution in [0.15, 0.2) is 47.6 Å². The Morgan fingerprint density at radius 1 is 1.30 bits per heavy atom. The summed E-state index contributed by atoms with van der Waals surface area (Å²) < 4.78 is 7.52. The summed E-state index contributed by atoms with van der Waals surface area (Å²) in [7, 11) is 1.94. The summed E-state index contributed by atoms with van der Waals surface area (Å²) in [4.78, 5) is 4.50. The summed E-state index contributed by atoms with van der Waals surface area (Å²) in [6.45, 7) is 2.52. The number of imidazole rings is 1. The molecule has 1 heterocycles. The maximum atomic E-state index is 6.04. The first-order valence-electron chi connectivity index (χ1n) is 7.32. The lowest BCUT2D eigenvalue weighted by atomic mass is 10.2. The van der Waals surface area contributed by atoms with Crippen molar-refractivity contribution in [1.82, 2.24) is 9.55 Å². The number of ether oxygens (including phenoxy) is 1. The number of nitrogens with zero attached hydrogens (tertiary/aromatic N) is 3. The average molecular weight is 329 g/mol. The maximum Gasteiger partial charge on any atom is 0.224 e. The van der Waals surface area contributed by atoms with Crippen molar-refractivity contribution >= 4 is 34.8 Å². The van der Waals surface area contributed by atoms with Gasteiger partial charge in [-0.2, -0.15) is 5.10 Å². The molecule has 6 heteroatoms. The van der Waals surface area contributed by atoms with Gasteiger partial charge in [0.15, 0.2) is 0 Å². The van der Waals surface area contributed by atoms with E-state index in [1.165, 1.54) is 0 Å². The fraction of sp³-hybridized carbons (Fsp3) is 0.176. The zero-order valence-electron chi connectivity index (χ0n) is 13.0. The number of fused-ring (bicyclic) bond motifs is 1. The number of hydrogen-bond donors (Lipinski definition) is 1. The fourth-order valence-electron chi connectivity index (χ4n) is 2.31. The largest absolute Gasteiger partial charge is 0.493 e. The standard InChI is InChI=1S/C17H17ClN4O/c1-3-23-16-9-8-13(18)10-12(16)11-19-21-17-20-14-6-4-5-7-15(14)22(17)2/h4-11H,3H2,1-2H3,(H,20,21)/b19-11-. The Morgan fingerprint density at radius 2 is 2.13 bits per heavy atom. The van der Waals surface area contributed by atoms with E-state index in [1.54, 1.807) is 12.3 Å². The van der Waals surface area contributed by atoms with E-state index in [0.717, 1.165) is 22.3 Å². The molecular formula is C17H17ClN4O. The van der Waals surface area contributed by atoms with Crippen LogP contribution in [0.4, 0.5) is 5.95 Å². The Kier molecular flexibility index (Phi) is 4.48. The SMILES string of the molecule is CCOc1ccc(Cl)cc1/C=N\Nc1nc2ccccc2n1C. The summed E-state index contributed by atoms with van der Waals surface area (Å²) in [5.74, 6) is 1.41. The molecule has 1 N–H and O–H groups in total. The molecular weight excluding hydrogens is 312 g/mol. The number of aromatic nitrogens is 2. The number of nitrogens with one attached hydrogen (secondary N) is 1. The molecule has 23 heavy (non-hydrogen) atoms. The predicted molar refractivity (Wildman–Crippen MR) is 94.6 cm³/mol. The highest BCUT2D eigenvalue weighted by Crippen LogP contribution is 2.22. The van der Waals surface area contributed by atoms with E-state index in [0.29, 0.717) is 17.6 Å². The van der Waals surface area contributed by atoms with Gasteiger partial charge in [-0.05, 0) is 37.3 Å². The van der Waals surface area contributed by atoms with E-state index >= 15 is 0 Å². The van der Waals surface area contributed by atoms with Gasteiger partial charge in [-0.25, -0.2) is 10.4 Å². The van der Waals surface area contributed by atoms with Gasteiger partial charge in [0.25, 0.3) is 0 Å². The Morgan fingerprint density at radius 3 is 2.91 bits per heavy atom. The van der Waals surface area contributed by atoms with Crippen molar-refractivity contribution in [3.05, 3.63) is 53.1 Å². The molecule has 0 amide bonds. The van der Waals surface area contributed by atoms with E-state index in [9.17, 15) is 0 Å². The van der Waals surface area contributed by atoms with Crippen molar-refractivity contribution in [1.29, 1.82) is 0 Å². The van der Waals surface area contributed by atoms with E-state index in [4.69, 9.17) is 16.3 Å². The minimum absolute atomic E-state index is 0.584. The fourth-order valence-corrected chi connectivity index (χ4v) is 2.49. The molecule has 0 aliphatic rings. The molecule has 3 aromatic rings. The van der Waals surface area contributed by atoms with Crippen molar-refractivity contribution in [3.63, 3.8) is 0 Å². The van der Waals surface area contributed by atoms with Crippen LogP contribution in [0.25, 0.3) is 11.0 Å². The van der Waals surface area contributed by atoms with Gasteiger partial charge in [-0.1, -0.05) is 23.7 Å². The smallest absolute Gasteiger partial charge is 0.224 e. The highest BCUT2D eigenvalue weighted by atomic mass is 35.5. The van der Waals surface area contributed by atoms with E-state index in [2.05, 4.69) is 15.5 Å². The van der Waals surface area contributed by atoms with Crippen LogP contribution >= 0.6 is 11.6 Å². The highest BCUT2D eigenvalue weighted by Gasteiger charge is 2.06. The third-order valence-electron chi connectivity index (χ3n) is 3.43. The van der Waals surface area contributed by atoms with Gasteiger partial charge in [0.1, 0.15) is 5.75 Å². The molecule has 5 nitrogen and oxygen atoms in total. The zero-order valence-corrected chi connectivity index (χ0v) is 13.7. The summed E-state index contributed by atoms with van der Waals surface area (Å²) in [6.07, 6.45) is 1.68. The van der Waals surface area contributed by atoms with Crippen LogP contribution in [-0.2, 0) is 7.05 Å². The second kappa shape index (κ2) is 6.71. The average Bonchev–Trinajstić information content (AvgIpc) is 2.87. The lowest BCUT2D eigenvalue weighted by Crippen LogP contribution is -2.00. The first-order valence-corrected chi connectivity index (χ1v) is 7.69. The molecule has 0 aliphatic carbocycles. The number of hydrogen-bond acceptors (Lipinski definition) is 4. The first kappa shape index (κ1) is 15.4. The first-order chi connectivity index (χ1) is 11.2. The molecule has 1 aromatic heterocycles. The Balaban J connectivity index is 1.83. The van der Waals surface area contributed by atoms with Crippen molar-refractivity contribution < 1.29 is 4.74 Å². The van der Waals surface area contributed by atoms with Crippen molar-refractivity contribution in [3.8, 4) is 5.75 Å². The summed E-state index contributed by atoms with van der Waals surface area (Å²) in [5.41, 5.74) is 5.74. The van der Waals surface area contributed by atoms with Crippen LogP contribution in [-0.4, -0.2) is 22.4 Å². The molecule has 2 aromatic carbocycles. The van der Waals surface area contributed by atoms with Crippen molar-refractivity contribution in [2.24, 2.45) is 12.1 Å². The summed E-state index contributed by atoms with van der Waals surface area (Å²) >= 11 is 6.04. The van der Waals surface area contributed by atoms with Gasteiger partial charge in [-0.3, -0.25) is 0 Å². The number of halogens is 1. The summed E-state index contributed by atoms with van der Waals surface area (Å²) in [5, 5.41) is 4.89. The minimum atomic E-state index is 0.584. The Hall–Kier alpha value is -2.53. The third-order valence-corrected chi connectivity index (χ3v) is 3.66. The Bertz CT molecular complexity index is 857. The zero-order chi connectivity index (χ0) is 16.2. The molecule has 0 unspecified atom stereocenters. The molecule has 0 saturated heterocycles. The molecule has 0 saturated carbocycles. The molecule has 3 rings (SSSR count). The van der Waals surface area contributed by atoms with Crippen LogP contribution in [0.3, 0.4) is 0 Å². The van der Waals surface area contributed by atoms with Crippen molar-refractivity contribution in [2.75, 3.05) is 12.0 Å². The highest BCUT2D eigenvalue weighted by molar-refractivity contribution is 6.30. The number of rotatable bonds is 5. The molecule has 0 aliphatic heterocycles. The number of anilines is 1. The van der Waals surface area contributed by atoms with Gasteiger partial charge in [0.05, 0.1) is 23.9 Å². The lowest BCUT2D eigenvalue weighted by Gasteiger charge is -2.07. The summed E-state index contributed by atoms with van der Waals surface area (Å²) in [6, 6.07) is 13.4. The van der Waals surface area contributed by atoms with Crippen LogP contribution < -0.4 is 10.2 Å². The Labute approximate surface area is 139 Å². The number of benzene rings is 2. The lowest BCUT2D eigenvalue weighted by molar-refractivity contribution is 0.340. The van der Waals surface area contributed by atoms with Crippen molar-refractivity contribution in [2.45, 2.75) is 6.92 Å². The molecule has 0 radical (unpaired) electrons. The third kappa shape index (κ3) is 3.29. The normalized spacial score (nSPS) is 11.3. The number of aryl methyl sites for hydroxylation is 1. The van der Waals surface area contributed by atoms with E-state index in [-0.39, 0.29) is 0 Å². The quantitative estimate of drug-likeness (QED) is 0.567. The number of para-hydroxylation sites is 2. The van der Waals surface area contributed by atoms with Crippen LogP contribution in [0.1, 0.15) is 12.5 Å². The van der Waals surface area contributed by atoms with Gasteiger partial charge in [0.2, 0.25) is 5.95 Å². The monoisotopic (exact) mass is 328 g/mol. The molecule has 0 bridgehead atoms. The molecule has 0 fully saturated rings. The molecule has 0 atom stereocenters. The van der Waals surface area contributed by atoms with Gasteiger partial charge in [-0.15, -0.1) is 0 Å². The molecule has 0 spiro atoms. The number of hydrazone groups is 1. The topological polar surface area (TPSA) is 51.4 Å². The maximum absolute atomic E-state index is 6.04. The van der Waals surface area contributed by atoms with Crippen LogP contribution in [0.2, 0.25) is 5.02 Å². The second-order valence-electron chi connectivity index (χ2n) is 4.97. The van der Waals surface area contributed by atoms with Gasteiger partial charge in [0, 0.05) is 17.6 Å². The van der Waals surface area contributed by atoms with Crippen LogP contribution in [0, 0.1) is 0 Å². The minimum Gasteiger partial charge on any atom is -0.493 e. The second-order valence-corrected chi connectivity index (χ2v) is 5.40. The van der Waals surface area contributed by atoms with Gasteiger partial charge < -0.3 is 9.30 Å². The predicted octanol–water partition coefficient (Wildman–Crippen LogP) is 4.07. The van der Waals surface area contributed by atoms with Crippen LogP contribution in [0.5, 0.6) is 5.75 Å². The van der Waals surface area contributed by atoms with E-state index < -0.39 is 0 Å². The molecule has 118 valence electrons. The van der Waals surface area contributed by atoms with Gasteiger partial charge >= 0.3 is 0 Å². The van der Waals surface area contributed by atoms with E-state index in [1.807, 2.05) is 54.9 Å².